The number of halogens is 7. The van der Waals surface area contributed by atoms with E-state index in [0.29, 0.717) is 22.8 Å². The molecule has 0 amide bonds. The number of hydrogen-bond donors (Lipinski definition) is 0. The van der Waals surface area contributed by atoms with E-state index in [4.69, 9.17) is 11.6 Å². The normalized spacial score (nSPS) is 16.3. The van der Waals surface area contributed by atoms with E-state index in [2.05, 4.69) is 0 Å². The minimum Gasteiger partial charge on any atom is -0.363 e. The van der Waals surface area contributed by atoms with Gasteiger partial charge in [-0.1, -0.05) is 54.9 Å². The van der Waals surface area contributed by atoms with Crippen LogP contribution in [0, 0.1) is 0 Å². The van der Waals surface area contributed by atoms with E-state index in [1.54, 1.807) is 29.2 Å². The summed E-state index contributed by atoms with van der Waals surface area (Å²) in [4.78, 5) is 3.58. The summed E-state index contributed by atoms with van der Waals surface area (Å²) in [5, 5.41) is 0.653. The zero-order chi connectivity index (χ0) is 26.1. The molecule has 0 unspecified atom stereocenters. The van der Waals surface area contributed by atoms with E-state index in [-0.39, 0.29) is 13.1 Å². The molecule has 3 aromatic carbocycles. The Balaban J connectivity index is 1.77. The van der Waals surface area contributed by atoms with Crippen molar-refractivity contribution in [2.24, 2.45) is 0 Å². The first kappa shape index (κ1) is 26.2. The first-order valence-electron chi connectivity index (χ1n) is 11.6. The molecule has 1 heterocycles. The maximum Gasteiger partial charge on any atom is 0.416 e. The van der Waals surface area contributed by atoms with Crippen LogP contribution < -0.4 is 9.80 Å². The Hall–Kier alpha value is -2.87. The SMILES string of the molecule is CCc1cc(CN2C[C@@H](c3cccc(C(F)(F)F)c3)N(CCC(F)(F)F)c3ccccc32)ccc1Cl. The summed E-state index contributed by atoms with van der Waals surface area (Å²) in [6.45, 7) is 2.28. The smallest absolute Gasteiger partial charge is 0.363 e. The van der Waals surface area contributed by atoms with Gasteiger partial charge in [-0.2, -0.15) is 26.3 Å². The van der Waals surface area contributed by atoms with Crippen molar-refractivity contribution in [3.05, 3.63) is 94.0 Å². The zero-order valence-electron chi connectivity index (χ0n) is 19.5. The third-order valence-electron chi connectivity index (χ3n) is 6.40. The number of aryl methyl sites for hydroxylation is 1. The minimum atomic E-state index is -4.56. The summed E-state index contributed by atoms with van der Waals surface area (Å²) >= 11 is 6.26. The van der Waals surface area contributed by atoms with E-state index in [1.807, 2.05) is 36.1 Å². The molecule has 1 aliphatic rings. The second-order valence-electron chi connectivity index (χ2n) is 8.85. The molecule has 0 aliphatic carbocycles. The Kier molecular flexibility index (Phi) is 7.46. The number of hydrogen-bond acceptors (Lipinski definition) is 2. The molecule has 2 nitrogen and oxygen atoms in total. The summed E-state index contributed by atoms with van der Waals surface area (Å²) in [6, 6.07) is 16.9. The first-order valence-corrected chi connectivity index (χ1v) is 12.0. The van der Waals surface area contributed by atoms with E-state index >= 15 is 0 Å². The molecule has 3 aromatic rings. The molecule has 9 heteroatoms. The minimum absolute atomic E-state index is 0.222. The highest BCUT2D eigenvalue weighted by molar-refractivity contribution is 6.31. The highest BCUT2D eigenvalue weighted by Crippen LogP contribution is 2.43. The average molecular weight is 527 g/mol. The first-order chi connectivity index (χ1) is 17.0. The van der Waals surface area contributed by atoms with Gasteiger partial charge in [0, 0.05) is 24.7 Å². The summed E-state index contributed by atoms with van der Waals surface area (Å²) in [5.74, 6) is 0. The molecule has 0 fully saturated rings. The molecule has 4 rings (SSSR count). The Morgan fingerprint density at radius 3 is 2.28 bits per heavy atom. The highest BCUT2D eigenvalue weighted by atomic mass is 35.5. The van der Waals surface area contributed by atoms with E-state index in [0.717, 1.165) is 35.4 Å². The Morgan fingerprint density at radius 1 is 0.889 bits per heavy atom. The van der Waals surface area contributed by atoms with Gasteiger partial charge in [-0.25, -0.2) is 0 Å². The van der Waals surface area contributed by atoms with E-state index in [9.17, 15) is 26.3 Å². The van der Waals surface area contributed by atoms with Crippen LogP contribution >= 0.6 is 11.6 Å². The third kappa shape index (κ3) is 5.91. The maximum atomic E-state index is 13.5. The predicted octanol–water partition coefficient (Wildman–Crippen LogP) is 8.44. The fourth-order valence-corrected chi connectivity index (χ4v) is 4.90. The monoisotopic (exact) mass is 526 g/mol. The van der Waals surface area contributed by atoms with Crippen LogP contribution in [0.25, 0.3) is 0 Å². The van der Waals surface area contributed by atoms with E-state index < -0.39 is 30.4 Å². The number of rotatable bonds is 6. The van der Waals surface area contributed by atoms with Crippen LogP contribution in [0.4, 0.5) is 37.7 Å². The Labute approximate surface area is 211 Å². The van der Waals surface area contributed by atoms with Gasteiger partial charge in [-0.05, 0) is 53.4 Å². The van der Waals surface area contributed by atoms with Crippen LogP contribution in [0.5, 0.6) is 0 Å². The molecule has 0 N–H and O–H groups in total. The molecule has 0 spiro atoms. The average Bonchev–Trinajstić information content (AvgIpc) is 2.83. The molecule has 36 heavy (non-hydrogen) atoms. The van der Waals surface area contributed by atoms with Crippen LogP contribution in [0.3, 0.4) is 0 Å². The van der Waals surface area contributed by atoms with Crippen molar-refractivity contribution >= 4 is 23.0 Å². The van der Waals surface area contributed by atoms with Crippen LogP contribution in [0.1, 0.15) is 41.6 Å². The molecule has 0 saturated carbocycles. The zero-order valence-corrected chi connectivity index (χ0v) is 20.3. The van der Waals surface area contributed by atoms with Gasteiger partial charge in [0.2, 0.25) is 0 Å². The van der Waals surface area contributed by atoms with Gasteiger partial charge in [0.05, 0.1) is 29.4 Å². The number of alkyl halides is 6. The molecule has 0 aromatic heterocycles. The third-order valence-corrected chi connectivity index (χ3v) is 6.77. The molecule has 0 bridgehead atoms. The van der Waals surface area contributed by atoms with Crippen LogP contribution in [0.15, 0.2) is 66.7 Å². The van der Waals surface area contributed by atoms with E-state index in [1.165, 1.54) is 6.07 Å². The topological polar surface area (TPSA) is 6.48 Å². The lowest BCUT2D eigenvalue weighted by molar-refractivity contribution is -0.137. The molecule has 1 atom stereocenters. The van der Waals surface area contributed by atoms with Crippen molar-refractivity contribution in [2.75, 3.05) is 22.9 Å². The van der Waals surface area contributed by atoms with Gasteiger partial charge >= 0.3 is 12.4 Å². The second kappa shape index (κ2) is 10.2. The quantitative estimate of drug-likeness (QED) is 0.297. The lowest BCUT2D eigenvalue weighted by Gasteiger charge is -2.45. The second-order valence-corrected chi connectivity index (χ2v) is 9.25. The fourth-order valence-electron chi connectivity index (χ4n) is 4.65. The number of anilines is 2. The van der Waals surface area contributed by atoms with Gasteiger partial charge in [-0.3, -0.25) is 0 Å². The fraction of sp³-hybridized carbons (Fsp3) is 0.333. The number of para-hydroxylation sites is 2. The number of benzene rings is 3. The number of fused-ring (bicyclic) bond motifs is 1. The van der Waals surface area contributed by atoms with Crippen molar-refractivity contribution in [1.82, 2.24) is 0 Å². The number of nitrogens with zero attached hydrogens (tertiary/aromatic N) is 2. The van der Waals surface area contributed by atoms with Gasteiger partial charge < -0.3 is 9.80 Å². The van der Waals surface area contributed by atoms with Gasteiger partial charge in [0.15, 0.2) is 0 Å². The van der Waals surface area contributed by atoms with Crippen LogP contribution in [-0.4, -0.2) is 19.3 Å². The van der Waals surface area contributed by atoms with Crippen molar-refractivity contribution in [2.45, 2.75) is 44.7 Å². The standard InChI is InChI=1S/C27H25ClF6N2/c1-2-19-14-18(10-11-22(19)28)16-35-17-25(20-6-5-7-21(15-20)27(32,33)34)36(13-12-26(29,30)31)24-9-4-3-8-23(24)35/h3-11,14-15,25H,2,12-13,16-17H2,1H3/t25-/m0/s1. The molecule has 0 saturated heterocycles. The van der Waals surface area contributed by atoms with Crippen LogP contribution in [0.2, 0.25) is 5.02 Å². The van der Waals surface area contributed by atoms with Gasteiger partial charge in [0.1, 0.15) is 0 Å². The summed E-state index contributed by atoms with van der Waals surface area (Å²) in [7, 11) is 0. The van der Waals surface area contributed by atoms with Crippen molar-refractivity contribution in [3.8, 4) is 0 Å². The lowest BCUT2D eigenvalue weighted by Crippen LogP contribution is -2.44. The van der Waals surface area contributed by atoms with Crippen molar-refractivity contribution < 1.29 is 26.3 Å². The molecule has 1 aliphatic heterocycles. The maximum absolute atomic E-state index is 13.5. The molecule has 0 radical (unpaired) electrons. The molecule has 192 valence electrons. The van der Waals surface area contributed by atoms with Gasteiger partial charge in [0.25, 0.3) is 0 Å². The Morgan fingerprint density at radius 2 is 1.61 bits per heavy atom. The van der Waals surface area contributed by atoms with Crippen molar-refractivity contribution in [1.29, 1.82) is 0 Å². The summed E-state index contributed by atoms with van der Waals surface area (Å²) in [5.41, 5.74) is 2.71. The van der Waals surface area contributed by atoms with Crippen molar-refractivity contribution in [3.63, 3.8) is 0 Å². The highest BCUT2D eigenvalue weighted by Gasteiger charge is 2.37. The Bertz CT molecular complexity index is 1210. The lowest BCUT2D eigenvalue weighted by atomic mass is 9.96. The predicted molar refractivity (Wildman–Crippen MR) is 131 cm³/mol. The summed E-state index contributed by atoms with van der Waals surface area (Å²) in [6.07, 6.45) is -9.29. The van der Waals surface area contributed by atoms with Gasteiger partial charge in [-0.15, -0.1) is 0 Å². The van der Waals surface area contributed by atoms with Crippen LogP contribution in [-0.2, 0) is 19.1 Å². The molecular weight excluding hydrogens is 502 g/mol. The molecular formula is C27H25ClF6N2. The largest absolute Gasteiger partial charge is 0.416 e. The summed E-state index contributed by atoms with van der Waals surface area (Å²) < 4.78 is 80.0.